The van der Waals surface area contributed by atoms with E-state index in [2.05, 4.69) is 29.2 Å². The maximum Gasteiger partial charge on any atom is 0.129 e. The third-order valence-electron chi connectivity index (χ3n) is 1.23. The predicted molar refractivity (Wildman–Crippen MR) is 42.1 cm³/mol. The molecule has 0 saturated carbocycles. The highest BCUT2D eigenvalue weighted by molar-refractivity contribution is 14.1. The molecule has 0 aliphatic carbocycles. The van der Waals surface area contributed by atoms with Crippen LogP contribution < -0.4 is 0 Å². The van der Waals surface area contributed by atoms with Crippen LogP contribution in [-0.4, -0.2) is 10.7 Å². The first-order chi connectivity index (χ1) is 3.80. The third-order valence-corrected chi connectivity index (χ3v) is 2.47. The molecule has 0 N–H and O–H groups in total. The first-order valence-electron chi connectivity index (χ1n) is 2.74. The van der Waals surface area contributed by atoms with Crippen molar-refractivity contribution in [3.63, 3.8) is 0 Å². The fourth-order valence-corrected chi connectivity index (χ4v) is 1.28. The number of rotatable bonds is 0. The summed E-state index contributed by atoms with van der Waals surface area (Å²) in [5.41, 5.74) is 1.23. The summed E-state index contributed by atoms with van der Waals surface area (Å²) in [6.07, 6.45) is 2.30. The Hall–Kier alpha value is 0.430. The summed E-state index contributed by atoms with van der Waals surface area (Å²) in [6, 6.07) is 0. The minimum atomic E-state index is 0.279. The number of alkyl halides is 1. The number of halogens is 1. The Morgan fingerprint density at radius 1 is 1.75 bits per heavy atom. The Morgan fingerprint density at radius 2 is 2.50 bits per heavy atom. The van der Waals surface area contributed by atoms with Gasteiger partial charge < -0.3 is 4.74 Å². The first-order valence-corrected chi connectivity index (χ1v) is 3.98. The normalized spacial score (nSPS) is 30.6. The average Bonchev–Trinajstić information content (AvgIpc) is 1.77. The maximum absolute atomic E-state index is 5.28. The van der Waals surface area contributed by atoms with E-state index < -0.39 is 0 Å². The van der Waals surface area contributed by atoms with Gasteiger partial charge in [-0.3, -0.25) is 0 Å². The maximum atomic E-state index is 5.28. The Morgan fingerprint density at radius 3 is 2.88 bits per heavy atom. The molecule has 0 radical (unpaired) electrons. The van der Waals surface area contributed by atoms with E-state index in [1.165, 1.54) is 5.57 Å². The van der Waals surface area contributed by atoms with Gasteiger partial charge in [0.05, 0.1) is 0 Å². The average molecular weight is 224 g/mol. The Kier molecular flexibility index (Phi) is 2.31. The summed E-state index contributed by atoms with van der Waals surface area (Å²) in [4.78, 5) is 0. The van der Waals surface area contributed by atoms with Gasteiger partial charge in [0, 0.05) is 6.61 Å². The highest BCUT2D eigenvalue weighted by Crippen LogP contribution is 2.22. The van der Waals surface area contributed by atoms with Gasteiger partial charge in [-0.2, -0.15) is 0 Å². The molecule has 2 heteroatoms. The van der Waals surface area contributed by atoms with Gasteiger partial charge in [0.15, 0.2) is 0 Å². The number of hydrogen-bond donors (Lipinski definition) is 0. The van der Waals surface area contributed by atoms with E-state index in [9.17, 15) is 0 Å². The smallest absolute Gasteiger partial charge is 0.129 e. The van der Waals surface area contributed by atoms with Crippen molar-refractivity contribution in [3.8, 4) is 0 Å². The zero-order chi connectivity index (χ0) is 5.98. The minimum absolute atomic E-state index is 0.279. The van der Waals surface area contributed by atoms with Crippen molar-refractivity contribution in [1.82, 2.24) is 0 Å². The molecule has 1 rings (SSSR count). The molecule has 1 fully saturated rings. The van der Waals surface area contributed by atoms with Crippen molar-refractivity contribution < 1.29 is 4.74 Å². The lowest BCUT2D eigenvalue weighted by atomic mass is 10.1. The second-order valence-electron chi connectivity index (χ2n) is 1.95. The van der Waals surface area contributed by atoms with Crippen LogP contribution in [0.1, 0.15) is 12.8 Å². The quantitative estimate of drug-likeness (QED) is 0.348. The molecule has 0 aromatic heterocycles. The molecule has 0 spiro atoms. The zero-order valence-electron chi connectivity index (χ0n) is 4.69. The third kappa shape index (κ3) is 1.45. The Balaban J connectivity index is 2.39. The van der Waals surface area contributed by atoms with Gasteiger partial charge in [-0.15, -0.1) is 0 Å². The highest BCUT2D eigenvalue weighted by atomic mass is 127. The molecule has 0 amide bonds. The summed E-state index contributed by atoms with van der Waals surface area (Å²) in [7, 11) is 0. The van der Waals surface area contributed by atoms with Crippen LogP contribution in [0.3, 0.4) is 0 Å². The van der Waals surface area contributed by atoms with Crippen molar-refractivity contribution in [2.45, 2.75) is 17.0 Å². The molecule has 8 heavy (non-hydrogen) atoms. The lowest BCUT2D eigenvalue weighted by Gasteiger charge is -2.19. The van der Waals surface area contributed by atoms with E-state index in [4.69, 9.17) is 4.74 Å². The molecule has 1 unspecified atom stereocenters. The van der Waals surface area contributed by atoms with Crippen LogP contribution in [0.15, 0.2) is 12.2 Å². The van der Waals surface area contributed by atoms with E-state index in [1.807, 2.05) is 0 Å². The van der Waals surface area contributed by atoms with E-state index in [0.29, 0.717) is 0 Å². The van der Waals surface area contributed by atoms with E-state index in [1.54, 1.807) is 0 Å². The van der Waals surface area contributed by atoms with Crippen molar-refractivity contribution in [3.05, 3.63) is 12.2 Å². The molecule has 1 heterocycles. The molecule has 1 aliphatic heterocycles. The number of ether oxygens (including phenoxy) is 1. The van der Waals surface area contributed by atoms with E-state index in [0.717, 1.165) is 19.4 Å². The molecule has 0 bridgehead atoms. The minimum Gasteiger partial charge on any atom is -0.363 e. The molecule has 0 aromatic carbocycles. The monoisotopic (exact) mass is 224 g/mol. The van der Waals surface area contributed by atoms with Gasteiger partial charge in [-0.1, -0.05) is 6.58 Å². The van der Waals surface area contributed by atoms with Crippen molar-refractivity contribution >= 4 is 22.6 Å². The van der Waals surface area contributed by atoms with Crippen molar-refractivity contribution in [2.24, 2.45) is 0 Å². The second kappa shape index (κ2) is 2.82. The van der Waals surface area contributed by atoms with Crippen LogP contribution in [0.25, 0.3) is 0 Å². The van der Waals surface area contributed by atoms with Crippen LogP contribution in [0.5, 0.6) is 0 Å². The van der Waals surface area contributed by atoms with Crippen molar-refractivity contribution in [1.29, 1.82) is 0 Å². The molecule has 1 atom stereocenters. The Labute approximate surface area is 63.2 Å². The topological polar surface area (TPSA) is 9.23 Å². The lowest BCUT2D eigenvalue weighted by molar-refractivity contribution is 0.118. The molecule has 0 aromatic rings. The fourth-order valence-electron chi connectivity index (χ4n) is 0.717. The standard InChI is InChI=1S/C6H9IO/c1-5-3-2-4-8-6(5)7/h6H,1-4H2. The van der Waals surface area contributed by atoms with E-state index >= 15 is 0 Å². The number of hydrogen-bond acceptors (Lipinski definition) is 1. The molecule has 1 saturated heterocycles. The molecular formula is C6H9IO. The summed E-state index contributed by atoms with van der Waals surface area (Å²) in [5.74, 6) is 0. The van der Waals surface area contributed by atoms with Gasteiger partial charge >= 0.3 is 0 Å². The van der Waals surface area contributed by atoms with Crippen LogP contribution in [0.2, 0.25) is 0 Å². The molecule has 46 valence electrons. The second-order valence-corrected chi connectivity index (χ2v) is 3.08. The van der Waals surface area contributed by atoms with Crippen molar-refractivity contribution in [2.75, 3.05) is 6.61 Å². The molecule has 1 nitrogen and oxygen atoms in total. The summed E-state index contributed by atoms with van der Waals surface area (Å²) in [5, 5.41) is 0. The molecule has 1 aliphatic rings. The SMILES string of the molecule is C=C1CCCOC1I. The van der Waals surface area contributed by atoms with Gasteiger partial charge in [0.1, 0.15) is 4.11 Å². The van der Waals surface area contributed by atoms with Gasteiger partial charge in [0.2, 0.25) is 0 Å². The van der Waals surface area contributed by atoms with Crippen LogP contribution in [0.4, 0.5) is 0 Å². The lowest BCUT2D eigenvalue weighted by Crippen LogP contribution is -2.14. The van der Waals surface area contributed by atoms with E-state index in [-0.39, 0.29) is 4.11 Å². The molecular weight excluding hydrogens is 215 g/mol. The summed E-state index contributed by atoms with van der Waals surface area (Å²) in [6.45, 7) is 4.77. The van der Waals surface area contributed by atoms with Gasteiger partial charge in [-0.25, -0.2) is 0 Å². The van der Waals surface area contributed by atoms with Crippen LogP contribution >= 0.6 is 22.6 Å². The summed E-state index contributed by atoms with van der Waals surface area (Å²) >= 11 is 2.26. The first kappa shape index (κ1) is 6.55. The fraction of sp³-hybridized carbons (Fsp3) is 0.667. The highest BCUT2D eigenvalue weighted by Gasteiger charge is 2.12. The summed E-state index contributed by atoms with van der Waals surface area (Å²) < 4.78 is 5.56. The zero-order valence-corrected chi connectivity index (χ0v) is 6.85. The largest absolute Gasteiger partial charge is 0.363 e. The Bertz CT molecular complexity index is 101. The predicted octanol–water partition coefficient (Wildman–Crippen LogP) is 2.11. The van der Waals surface area contributed by atoms with Crippen LogP contribution in [0, 0.1) is 0 Å². The van der Waals surface area contributed by atoms with Crippen LogP contribution in [-0.2, 0) is 4.74 Å². The van der Waals surface area contributed by atoms with Gasteiger partial charge in [0.25, 0.3) is 0 Å². The van der Waals surface area contributed by atoms with Gasteiger partial charge in [-0.05, 0) is 41.0 Å².